The van der Waals surface area contributed by atoms with Gasteiger partial charge in [0.05, 0.1) is 57.5 Å². The van der Waals surface area contributed by atoms with E-state index in [9.17, 15) is 62.4 Å². The van der Waals surface area contributed by atoms with E-state index in [1.54, 1.807) is 9.66 Å². The zero-order valence-electron chi connectivity index (χ0n) is 23.8. The standard InChI is InChI=1S/C13H10F3N5O4S.C10H9F3N4O4S/c1-26(24,25)19-21-11(22)7-4-10(20-3-2-17-6-20)8(13(14,15)16)5-9(7)18-12(21)23;1-22(20,21)16-17-8(18)4-2-6(14)5(10(11,12)13)3-7(4)15-9(17)19/h2-6,19H,1H3,(H,18,23);2-3,16H,14H2,1H3,(H,15,19). The summed E-state index contributed by atoms with van der Waals surface area (Å²) in [6.45, 7) is 0. The second-order valence-electron chi connectivity index (χ2n) is 9.73. The highest BCUT2D eigenvalue weighted by atomic mass is 32.2. The molecule has 5 rings (SSSR count). The van der Waals surface area contributed by atoms with E-state index in [2.05, 4.69) is 9.97 Å². The Morgan fingerprint density at radius 1 is 0.729 bits per heavy atom. The van der Waals surface area contributed by atoms with Gasteiger partial charge in [-0.05, 0) is 24.3 Å². The first-order chi connectivity index (χ1) is 21.9. The Morgan fingerprint density at radius 2 is 1.17 bits per heavy atom. The van der Waals surface area contributed by atoms with Gasteiger partial charge in [0.2, 0.25) is 20.0 Å². The molecule has 258 valence electrons. The molecular weight excluding hydrogens is 708 g/mol. The van der Waals surface area contributed by atoms with Crippen LogP contribution in [-0.4, -0.2) is 58.2 Å². The highest BCUT2D eigenvalue weighted by molar-refractivity contribution is 7.91. The summed E-state index contributed by atoms with van der Waals surface area (Å²) in [5.41, 5.74) is -3.73. The molecule has 0 aliphatic carbocycles. The van der Waals surface area contributed by atoms with Crippen molar-refractivity contribution in [3.8, 4) is 5.69 Å². The molecule has 0 aliphatic rings. The van der Waals surface area contributed by atoms with Gasteiger partial charge in [0.25, 0.3) is 11.1 Å². The minimum absolute atomic E-state index is 0.129. The predicted molar refractivity (Wildman–Crippen MR) is 158 cm³/mol. The summed E-state index contributed by atoms with van der Waals surface area (Å²) in [5, 5.41) is -0.696. The van der Waals surface area contributed by atoms with E-state index in [-0.39, 0.29) is 25.6 Å². The van der Waals surface area contributed by atoms with Crippen molar-refractivity contribution in [3.05, 3.63) is 95.8 Å². The monoisotopic (exact) mass is 727 g/mol. The van der Waals surface area contributed by atoms with Crippen molar-refractivity contribution in [2.24, 2.45) is 0 Å². The number of imidazole rings is 1. The first-order valence-corrected chi connectivity index (χ1v) is 16.2. The van der Waals surface area contributed by atoms with Gasteiger partial charge < -0.3 is 20.3 Å². The van der Waals surface area contributed by atoms with E-state index in [1.165, 1.54) is 12.4 Å². The Kier molecular flexibility index (Phi) is 8.74. The van der Waals surface area contributed by atoms with Crippen LogP contribution in [0.25, 0.3) is 27.5 Å². The fraction of sp³-hybridized carbons (Fsp3) is 0.174. The van der Waals surface area contributed by atoms with Crippen LogP contribution in [0, 0.1) is 0 Å². The van der Waals surface area contributed by atoms with Crippen LogP contribution in [0.1, 0.15) is 11.1 Å². The fourth-order valence-corrected chi connectivity index (χ4v) is 5.11. The molecule has 2 aromatic carbocycles. The number of anilines is 1. The Balaban J connectivity index is 0.000000220. The molecule has 6 N–H and O–H groups in total. The summed E-state index contributed by atoms with van der Waals surface area (Å²) in [6, 6.07) is 2.74. The Labute approximate surface area is 261 Å². The minimum atomic E-state index is -4.77. The van der Waals surface area contributed by atoms with Crippen LogP contribution in [-0.2, 0) is 32.4 Å². The number of aromatic nitrogens is 6. The zero-order valence-corrected chi connectivity index (χ0v) is 25.4. The molecule has 0 radical (unpaired) electrons. The highest BCUT2D eigenvalue weighted by Crippen LogP contribution is 2.36. The number of nitrogens with two attached hydrogens (primary N) is 1. The van der Waals surface area contributed by atoms with Gasteiger partial charge in [-0.15, -0.1) is 0 Å². The number of rotatable bonds is 5. The van der Waals surface area contributed by atoms with Gasteiger partial charge in [-0.1, -0.05) is 0 Å². The Morgan fingerprint density at radius 3 is 1.56 bits per heavy atom. The lowest BCUT2D eigenvalue weighted by atomic mass is 10.1. The lowest BCUT2D eigenvalue weighted by Gasteiger charge is -2.15. The molecule has 48 heavy (non-hydrogen) atoms. The lowest BCUT2D eigenvalue weighted by Crippen LogP contribution is -2.43. The Hall–Kier alpha value is -5.59. The molecule has 3 heterocycles. The molecule has 0 saturated heterocycles. The lowest BCUT2D eigenvalue weighted by molar-refractivity contribution is -0.138. The number of hydrogen-bond donors (Lipinski definition) is 5. The number of nitrogen functional groups attached to an aromatic ring is 1. The summed E-state index contributed by atoms with van der Waals surface area (Å²) in [7, 11) is -7.93. The van der Waals surface area contributed by atoms with E-state index < -0.39 is 82.9 Å². The van der Waals surface area contributed by atoms with E-state index in [4.69, 9.17) is 5.73 Å². The number of halogens is 6. The van der Waals surface area contributed by atoms with Crippen molar-refractivity contribution in [3.63, 3.8) is 0 Å². The van der Waals surface area contributed by atoms with Crippen molar-refractivity contribution in [1.82, 2.24) is 28.9 Å². The van der Waals surface area contributed by atoms with E-state index in [0.29, 0.717) is 24.6 Å². The van der Waals surface area contributed by atoms with Crippen LogP contribution in [0.5, 0.6) is 0 Å². The molecule has 0 saturated carbocycles. The maximum atomic E-state index is 13.4. The third kappa shape index (κ3) is 7.51. The molecule has 0 atom stereocenters. The molecular formula is C23H19F6N9O8S2. The van der Waals surface area contributed by atoms with Gasteiger partial charge in [-0.25, -0.2) is 41.1 Å². The van der Waals surface area contributed by atoms with E-state index >= 15 is 0 Å². The summed E-state index contributed by atoms with van der Waals surface area (Å²) in [4.78, 5) is 59.0. The number of H-pyrrole nitrogens is 2. The predicted octanol–water partition coefficient (Wildman–Crippen LogP) is 0.191. The second-order valence-corrected chi connectivity index (χ2v) is 13.2. The fourth-order valence-electron chi connectivity index (χ4n) is 4.12. The summed E-state index contributed by atoms with van der Waals surface area (Å²) in [5.74, 6) is 0. The molecule has 0 fully saturated rings. The van der Waals surface area contributed by atoms with Crippen molar-refractivity contribution < 1.29 is 43.2 Å². The largest absolute Gasteiger partial charge is 0.418 e. The van der Waals surface area contributed by atoms with Gasteiger partial charge in [-0.2, -0.15) is 35.7 Å². The summed E-state index contributed by atoms with van der Waals surface area (Å²) in [6.07, 6.45) is -4.53. The number of aromatic amines is 2. The first-order valence-electron chi connectivity index (χ1n) is 12.4. The van der Waals surface area contributed by atoms with Gasteiger partial charge in [-0.3, -0.25) is 9.59 Å². The van der Waals surface area contributed by atoms with Crippen molar-refractivity contribution in [2.45, 2.75) is 12.4 Å². The maximum absolute atomic E-state index is 13.4. The topological polar surface area (TPSA) is 246 Å². The molecule has 0 bridgehead atoms. The number of alkyl halides is 6. The van der Waals surface area contributed by atoms with Crippen LogP contribution < -0.4 is 37.9 Å². The van der Waals surface area contributed by atoms with Crippen LogP contribution >= 0.6 is 0 Å². The SMILES string of the molecule is CS(=O)(=O)Nn1c(=O)[nH]c2cc(C(F)(F)F)c(-n3ccnc3)cc2c1=O.CS(=O)(=O)Nn1c(=O)[nH]c2cc(C(F)(F)F)c(N)cc2c1=O. The zero-order chi connectivity index (χ0) is 36.1. The van der Waals surface area contributed by atoms with Gasteiger partial charge in [0.15, 0.2) is 0 Å². The number of nitrogens with one attached hydrogen (secondary N) is 4. The van der Waals surface area contributed by atoms with Gasteiger partial charge in [0.1, 0.15) is 0 Å². The van der Waals surface area contributed by atoms with Crippen molar-refractivity contribution >= 4 is 47.5 Å². The average molecular weight is 728 g/mol. The third-order valence-electron chi connectivity index (χ3n) is 5.99. The van der Waals surface area contributed by atoms with Gasteiger partial charge in [0, 0.05) is 18.1 Å². The number of hydrogen-bond acceptors (Lipinski definition) is 10. The molecule has 5 aromatic rings. The normalized spacial score (nSPS) is 12.5. The summed E-state index contributed by atoms with van der Waals surface area (Å²) >= 11 is 0. The Bertz CT molecular complexity index is 2540. The van der Waals surface area contributed by atoms with Crippen LogP contribution in [0.3, 0.4) is 0 Å². The smallest absolute Gasteiger partial charge is 0.398 e. The number of benzene rings is 2. The summed E-state index contributed by atoms with van der Waals surface area (Å²) < 4.78 is 124. The molecule has 17 nitrogen and oxygen atoms in total. The molecule has 0 amide bonds. The molecule has 3 aromatic heterocycles. The number of sulfonamides is 2. The first kappa shape index (κ1) is 35.3. The van der Waals surface area contributed by atoms with E-state index in [0.717, 1.165) is 23.0 Å². The minimum Gasteiger partial charge on any atom is -0.398 e. The van der Waals surface area contributed by atoms with Crippen LogP contribution in [0.2, 0.25) is 0 Å². The highest BCUT2D eigenvalue weighted by Gasteiger charge is 2.35. The quantitative estimate of drug-likeness (QED) is 0.122. The molecule has 0 spiro atoms. The van der Waals surface area contributed by atoms with Crippen molar-refractivity contribution in [1.29, 1.82) is 0 Å². The average Bonchev–Trinajstić information content (AvgIpc) is 3.46. The second kappa shape index (κ2) is 11.9. The van der Waals surface area contributed by atoms with Crippen LogP contribution in [0.4, 0.5) is 32.0 Å². The van der Waals surface area contributed by atoms with Crippen LogP contribution in [0.15, 0.2) is 62.2 Å². The number of nitrogens with zero attached hydrogens (tertiary/aromatic N) is 4. The number of fused-ring (bicyclic) bond motifs is 2. The molecule has 0 unspecified atom stereocenters. The third-order valence-corrected chi connectivity index (χ3v) is 7.02. The van der Waals surface area contributed by atoms with Crippen molar-refractivity contribution in [2.75, 3.05) is 27.9 Å². The molecule has 0 aliphatic heterocycles. The van der Waals surface area contributed by atoms with Gasteiger partial charge >= 0.3 is 23.7 Å². The van der Waals surface area contributed by atoms with E-state index in [1.807, 2.05) is 4.98 Å². The molecule has 25 heteroatoms. The maximum Gasteiger partial charge on any atom is 0.418 e.